The van der Waals surface area contributed by atoms with Gasteiger partial charge in [0.2, 0.25) is 0 Å². The van der Waals surface area contributed by atoms with Gasteiger partial charge in [-0.15, -0.1) is 0 Å². The second-order valence-corrected chi connectivity index (χ2v) is 5.00. The van der Waals surface area contributed by atoms with Crippen molar-refractivity contribution in [3.05, 3.63) is 29.6 Å². The molecule has 19 heavy (non-hydrogen) atoms. The molecule has 104 valence electrons. The van der Waals surface area contributed by atoms with Gasteiger partial charge in [0.1, 0.15) is 5.82 Å². The van der Waals surface area contributed by atoms with Gasteiger partial charge in [-0.2, -0.15) is 0 Å². The van der Waals surface area contributed by atoms with E-state index in [1.165, 1.54) is 12.5 Å². The molecule has 0 aromatic heterocycles. The Morgan fingerprint density at radius 1 is 1.32 bits per heavy atom. The van der Waals surface area contributed by atoms with Gasteiger partial charge in [-0.25, -0.2) is 4.39 Å². The summed E-state index contributed by atoms with van der Waals surface area (Å²) in [6.45, 7) is 0.445. The second-order valence-electron chi connectivity index (χ2n) is 5.00. The summed E-state index contributed by atoms with van der Waals surface area (Å²) in [5.74, 6) is -0.494. The summed E-state index contributed by atoms with van der Waals surface area (Å²) >= 11 is 0. The van der Waals surface area contributed by atoms with Crippen molar-refractivity contribution in [3.63, 3.8) is 0 Å². The Kier molecular flexibility index (Phi) is 4.91. The average molecular weight is 265 g/mol. The zero-order chi connectivity index (χ0) is 13.7. The van der Waals surface area contributed by atoms with Crippen LogP contribution in [0.2, 0.25) is 0 Å². The Hall–Kier alpha value is -1.42. The Morgan fingerprint density at radius 2 is 2.05 bits per heavy atom. The molecule has 1 aromatic carbocycles. The van der Waals surface area contributed by atoms with Crippen LogP contribution in [0.25, 0.3) is 0 Å². The molecular formula is C15H20FNO2. The highest BCUT2D eigenvalue weighted by Gasteiger charge is 2.23. The van der Waals surface area contributed by atoms with Crippen LogP contribution in [0, 0.1) is 5.82 Å². The van der Waals surface area contributed by atoms with Gasteiger partial charge in [0.25, 0.3) is 0 Å². The maximum absolute atomic E-state index is 13.7. The zero-order valence-electron chi connectivity index (χ0n) is 11.0. The Labute approximate surface area is 113 Å². The Balaban J connectivity index is 2.32. The van der Waals surface area contributed by atoms with E-state index in [0.29, 0.717) is 24.6 Å². The number of benzene rings is 1. The first-order valence-electron chi connectivity index (χ1n) is 6.89. The highest BCUT2D eigenvalue weighted by molar-refractivity contribution is 5.85. The third kappa shape index (κ3) is 3.13. The largest absolute Gasteiger partial charge is 0.395 e. The van der Waals surface area contributed by atoms with Crippen molar-refractivity contribution in [1.29, 1.82) is 0 Å². The highest BCUT2D eigenvalue weighted by Crippen LogP contribution is 2.29. The molecule has 0 amide bonds. The summed E-state index contributed by atoms with van der Waals surface area (Å²) in [7, 11) is 0. The Bertz CT molecular complexity index is 430. The first-order valence-corrected chi connectivity index (χ1v) is 6.89. The fourth-order valence-corrected chi connectivity index (χ4v) is 2.89. The predicted molar refractivity (Wildman–Crippen MR) is 73.1 cm³/mol. The molecule has 1 aliphatic carbocycles. The minimum absolute atomic E-state index is 0.00527. The fourth-order valence-electron chi connectivity index (χ4n) is 2.89. The van der Waals surface area contributed by atoms with E-state index in [1.54, 1.807) is 12.1 Å². The lowest BCUT2D eigenvalue weighted by Crippen LogP contribution is -2.39. The smallest absolute Gasteiger partial charge is 0.155 e. The van der Waals surface area contributed by atoms with E-state index in [2.05, 4.69) is 0 Å². The van der Waals surface area contributed by atoms with Crippen molar-refractivity contribution in [1.82, 2.24) is 0 Å². The van der Waals surface area contributed by atoms with Gasteiger partial charge in [-0.3, -0.25) is 4.79 Å². The van der Waals surface area contributed by atoms with E-state index in [0.717, 1.165) is 25.7 Å². The molecule has 0 heterocycles. The molecule has 0 aliphatic heterocycles. The average Bonchev–Trinajstić information content (AvgIpc) is 2.45. The lowest BCUT2D eigenvalue weighted by atomic mass is 9.93. The first-order chi connectivity index (χ1) is 9.27. The quantitative estimate of drug-likeness (QED) is 0.832. The summed E-state index contributed by atoms with van der Waals surface area (Å²) < 4.78 is 13.7. The van der Waals surface area contributed by atoms with E-state index >= 15 is 0 Å². The van der Waals surface area contributed by atoms with Gasteiger partial charge >= 0.3 is 0 Å². The number of anilines is 1. The molecule has 0 unspecified atom stereocenters. The number of hydrogen-bond acceptors (Lipinski definition) is 3. The fraction of sp³-hybridized carbons (Fsp3) is 0.533. The summed E-state index contributed by atoms with van der Waals surface area (Å²) in [5, 5.41) is 9.24. The lowest BCUT2D eigenvalue weighted by molar-refractivity contribution is 0.112. The van der Waals surface area contributed by atoms with Crippen molar-refractivity contribution in [2.24, 2.45) is 0 Å². The number of halogens is 1. The molecular weight excluding hydrogens is 245 g/mol. The third-order valence-corrected chi connectivity index (χ3v) is 3.81. The van der Waals surface area contributed by atoms with Crippen LogP contribution in [-0.4, -0.2) is 30.6 Å². The number of rotatable bonds is 5. The van der Waals surface area contributed by atoms with Gasteiger partial charge in [0.05, 0.1) is 17.9 Å². The van der Waals surface area contributed by atoms with Crippen LogP contribution in [-0.2, 0) is 0 Å². The highest BCUT2D eigenvalue weighted by atomic mass is 19.1. The Morgan fingerprint density at radius 3 is 2.68 bits per heavy atom. The molecule has 1 fully saturated rings. The van der Waals surface area contributed by atoms with Gasteiger partial charge in [-0.05, 0) is 25.0 Å². The van der Waals surface area contributed by atoms with Crippen LogP contribution < -0.4 is 4.90 Å². The van der Waals surface area contributed by atoms with E-state index < -0.39 is 5.82 Å². The van der Waals surface area contributed by atoms with Crippen LogP contribution in [0.3, 0.4) is 0 Å². The van der Waals surface area contributed by atoms with Crippen molar-refractivity contribution in [2.75, 3.05) is 18.1 Å². The summed E-state index contributed by atoms with van der Waals surface area (Å²) in [5.41, 5.74) is 0.706. The number of aliphatic hydroxyl groups excluding tert-OH is 1. The monoisotopic (exact) mass is 265 g/mol. The number of nitrogens with zero attached hydrogens (tertiary/aromatic N) is 1. The SMILES string of the molecule is O=Cc1c(F)cccc1N(CCO)C1CCCCC1. The van der Waals surface area contributed by atoms with Crippen molar-refractivity contribution in [2.45, 2.75) is 38.1 Å². The number of carbonyl (C=O) groups is 1. The molecule has 3 nitrogen and oxygen atoms in total. The van der Waals surface area contributed by atoms with Crippen LogP contribution in [0.1, 0.15) is 42.5 Å². The van der Waals surface area contributed by atoms with Crippen molar-refractivity contribution >= 4 is 12.0 Å². The molecule has 4 heteroatoms. The topological polar surface area (TPSA) is 40.5 Å². The van der Waals surface area contributed by atoms with Gasteiger partial charge in [-0.1, -0.05) is 25.3 Å². The molecule has 1 aromatic rings. The number of carbonyl (C=O) groups excluding carboxylic acids is 1. The molecule has 1 aliphatic rings. The van der Waals surface area contributed by atoms with Crippen LogP contribution >= 0.6 is 0 Å². The normalized spacial score (nSPS) is 16.3. The third-order valence-electron chi connectivity index (χ3n) is 3.81. The van der Waals surface area contributed by atoms with E-state index in [1.807, 2.05) is 4.90 Å². The molecule has 1 N–H and O–H groups in total. The van der Waals surface area contributed by atoms with Crippen LogP contribution in [0.15, 0.2) is 18.2 Å². The molecule has 0 spiro atoms. The van der Waals surface area contributed by atoms with E-state index in [9.17, 15) is 14.3 Å². The van der Waals surface area contributed by atoms with Gasteiger partial charge < -0.3 is 10.0 Å². The minimum Gasteiger partial charge on any atom is -0.395 e. The molecule has 0 radical (unpaired) electrons. The van der Waals surface area contributed by atoms with E-state index in [4.69, 9.17) is 0 Å². The van der Waals surface area contributed by atoms with E-state index in [-0.39, 0.29) is 12.2 Å². The zero-order valence-corrected chi connectivity index (χ0v) is 11.0. The summed E-state index contributed by atoms with van der Waals surface area (Å²) in [6.07, 6.45) is 6.17. The maximum Gasteiger partial charge on any atom is 0.155 e. The molecule has 1 saturated carbocycles. The van der Waals surface area contributed by atoms with Gasteiger partial charge in [0.15, 0.2) is 6.29 Å². The molecule has 2 rings (SSSR count). The predicted octanol–water partition coefficient (Wildman–Crippen LogP) is 2.77. The maximum atomic E-state index is 13.7. The van der Waals surface area contributed by atoms with Crippen LogP contribution in [0.5, 0.6) is 0 Å². The number of aliphatic hydroxyl groups is 1. The summed E-state index contributed by atoms with van der Waals surface area (Å²) in [4.78, 5) is 13.1. The molecule has 0 atom stereocenters. The van der Waals surface area contributed by atoms with Gasteiger partial charge in [0, 0.05) is 12.6 Å². The van der Waals surface area contributed by atoms with Crippen LogP contribution in [0.4, 0.5) is 10.1 Å². The number of hydrogen-bond donors (Lipinski definition) is 1. The molecule has 0 saturated heterocycles. The standard InChI is InChI=1S/C15H20FNO2/c16-14-7-4-8-15(13(14)11-19)17(9-10-18)12-5-2-1-3-6-12/h4,7-8,11-12,18H,1-3,5-6,9-10H2. The van der Waals surface area contributed by atoms with Crippen molar-refractivity contribution in [3.8, 4) is 0 Å². The summed E-state index contributed by atoms with van der Waals surface area (Å²) in [6, 6.07) is 4.97. The number of aldehydes is 1. The lowest BCUT2D eigenvalue weighted by Gasteiger charge is -2.36. The molecule has 0 bridgehead atoms. The minimum atomic E-state index is -0.494. The second kappa shape index (κ2) is 6.66. The van der Waals surface area contributed by atoms with Crippen molar-refractivity contribution < 1.29 is 14.3 Å². The first kappa shape index (κ1) is 14.0.